The third-order valence-electron chi connectivity index (χ3n) is 5.49. The highest BCUT2D eigenvalue weighted by Crippen LogP contribution is 2.23. The summed E-state index contributed by atoms with van der Waals surface area (Å²) in [6, 6.07) is 12.8. The number of thiazole rings is 1. The number of aryl methyl sites for hydroxylation is 2. The van der Waals surface area contributed by atoms with E-state index in [0.29, 0.717) is 6.42 Å². The van der Waals surface area contributed by atoms with Gasteiger partial charge < -0.3 is 9.47 Å². The van der Waals surface area contributed by atoms with Crippen LogP contribution in [0.15, 0.2) is 52.8 Å². The van der Waals surface area contributed by atoms with Crippen molar-refractivity contribution >= 4 is 22.9 Å². The maximum atomic E-state index is 13.4. The van der Waals surface area contributed by atoms with Gasteiger partial charge in [-0.05, 0) is 68.1 Å². The Kier molecular flexibility index (Phi) is 6.13. The lowest BCUT2D eigenvalue weighted by Crippen LogP contribution is -2.27. The molecular weight excluding hydrogens is 397 g/mol. The molecule has 2 heterocycles. The van der Waals surface area contributed by atoms with Gasteiger partial charge in [-0.25, -0.2) is 9.38 Å². The summed E-state index contributed by atoms with van der Waals surface area (Å²) in [5, 5.41) is 2.08. The van der Waals surface area contributed by atoms with Crippen LogP contribution in [0.25, 0.3) is 11.3 Å². The highest BCUT2D eigenvalue weighted by molar-refractivity contribution is 7.07. The van der Waals surface area contributed by atoms with Gasteiger partial charge in [-0.3, -0.25) is 4.79 Å². The molecule has 156 valence electrons. The van der Waals surface area contributed by atoms with E-state index in [-0.39, 0.29) is 11.7 Å². The molecule has 0 atom stereocenters. The molecule has 0 unspecified atom stereocenters. The van der Waals surface area contributed by atoms with Crippen LogP contribution in [-0.4, -0.2) is 28.5 Å². The van der Waals surface area contributed by atoms with Crippen LogP contribution >= 0.6 is 11.3 Å². The van der Waals surface area contributed by atoms with Crippen molar-refractivity contribution in [3.8, 4) is 11.3 Å². The first-order valence-corrected chi connectivity index (χ1v) is 11.2. The maximum Gasteiger partial charge on any atom is 0.222 e. The second-order valence-electron chi connectivity index (χ2n) is 7.80. The van der Waals surface area contributed by atoms with Crippen LogP contribution in [0.3, 0.4) is 0 Å². The molecule has 0 radical (unpaired) electrons. The van der Waals surface area contributed by atoms with Crippen molar-refractivity contribution in [3.63, 3.8) is 0 Å². The quantitative estimate of drug-likeness (QED) is 0.536. The predicted octanol–water partition coefficient (Wildman–Crippen LogP) is 5.22. The standard InChI is InChI=1S/C24H26FN3OS/c1-17-6-11-21(18(2)15-17)26-24-28(14-4-13-27-12-3-5-23(27)29)22(16-30-24)19-7-9-20(25)10-8-19/h6-11,15-16H,3-5,12-14H2,1-2H3. The lowest BCUT2D eigenvalue weighted by molar-refractivity contribution is -0.127. The zero-order valence-corrected chi connectivity index (χ0v) is 18.2. The molecule has 0 spiro atoms. The van der Waals surface area contributed by atoms with Gasteiger partial charge in [0.05, 0.1) is 11.4 Å². The summed E-state index contributed by atoms with van der Waals surface area (Å²) in [6.45, 7) is 6.52. The highest BCUT2D eigenvalue weighted by atomic mass is 32.1. The molecule has 4 nitrogen and oxygen atoms in total. The summed E-state index contributed by atoms with van der Waals surface area (Å²) in [5.41, 5.74) is 5.30. The Morgan fingerprint density at radius 1 is 1.10 bits per heavy atom. The Morgan fingerprint density at radius 2 is 1.90 bits per heavy atom. The van der Waals surface area contributed by atoms with Gasteiger partial charge in [-0.2, -0.15) is 0 Å². The third kappa shape index (κ3) is 4.54. The molecule has 1 saturated heterocycles. The van der Waals surface area contributed by atoms with Crippen LogP contribution in [0.2, 0.25) is 0 Å². The molecular formula is C24H26FN3OS. The Labute approximate surface area is 180 Å². The highest BCUT2D eigenvalue weighted by Gasteiger charge is 2.19. The molecule has 0 N–H and O–H groups in total. The molecule has 0 bridgehead atoms. The van der Waals surface area contributed by atoms with Gasteiger partial charge >= 0.3 is 0 Å². The fourth-order valence-corrected chi connectivity index (χ4v) is 4.83. The lowest BCUT2D eigenvalue weighted by Gasteiger charge is -2.16. The van der Waals surface area contributed by atoms with E-state index in [1.165, 1.54) is 17.7 Å². The Balaban J connectivity index is 1.67. The van der Waals surface area contributed by atoms with Crippen molar-refractivity contribution in [3.05, 3.63) is 69.6 Å². The van der Waals surface area contributed by atoms with Crippen LogP contribution in [0.4, 0.5) is 10.1 Å². The minimum atomic E-state index is -0.242. The topological polar surface area (TPSA) is 37.6 Å². The molecule has 6 heteroatoms. The zero-order chi connectivity index (χ0) is 21.1. The number of amides is 1. The maximum absolute atomic E-state index is 13.4. The minimum absolute atomic E-state index is 0.242. The summed E-state index contributed by atoms with van der Waals surface area (Å²) in [5.74, 6) is 0.0116. The first-order valence-electron chi connectivity index (χ1n) is 10.4. The van der Waals surface area contributed by atoms with Crippen molar-refractivity contribution in [1.82, 2.24) is 9.47 Å². The molecule has 30 heavy (non-hydrogen) atoms. The van der Waals surface area contributed by atoms with Gasteiger partial charge in [-0.15, -0.1) is 11.3 Å². The number of aromatic nitrogens is 1. The van der Waals surface area contributed by atoms with Gasteiger partial charge in [0.15, 0.2) is 4.80 Å². The van der Waals surface area contributed by atoms with Crippen LogP contribution < -0.4 is 4.80 Å². The van der Waals surface area contributed by atoms with E-state index in [1.807, 2.05) is 4.90 Å². The number of carbonyl (C=O) groups excluding carboxylic acids is 1. The normalized spacial score (nSPS) is 14.7. The average Bonchev–Trinajstić information content (AvgIpc) is 3.31. The molecule has 1 aliphatic rings. The second kappa shape index (κ2) is 8.96. The first kappa shape index (κ1) is 20.5. The number of likely N-dealkylation sites (tertiary alicyclic amines) is 1. The molecule has 1 aliphatic heterocycles. The number of rotatable bonds is 6. The van der Waals surface area contributed by atoms with Crippen molar-refractivity contribution in [1.29, 1.82) is 0 Å². The molecule has 2 aromatic carbocycles. The number of benzene rings is 2. The van der Waals surface area contributed by atoms with Gasteiger partial charge in [0.2, 0.25) is 5.91 Å². The monoisotopic (exact) mass is 423 g/mol. The average molecular weight is 424 g/mol. The molecule has 1 fully saturated rings. The zero-order valence-electron chi connectivity index (χ0n) is 17.4. The Morgan fingerprint density at radius 3 is 2.60 bits per heavy atom. The van der Waals surface area contributed by atoms with E-state index < -0.39 is 0 Å². The Hall–Kier alpha value is -2.73. The van der Waals surface area contributed by atoms with Crippen LogP contribution in [0.5, 0.6) is 0 Å². The van der Waals surface area contributed by atoms with E-state index in [1.54, 1.807) is 23.5 Å². The van der Waals surface area contributed by atoms with Gasteiger partial charge in [0.25, 0.3) is 0 Å². The van der Waals surface area contributed by atoms with Gasteiger partial charge in [-0.1, -0.05) is 17.7 Å². The molecule has 0 saturated carbocycles. The summed E-state index contributed by atoms with van der Waals surface area (Å²) >= 11 is 1.59. The fourth-order valence-electron chi connectivity index (χ4n) is 3.88. The summed E-state index contributed by atoms with van der Waals surface area (Å²) < 4.78 is 15.6. The Bertz CT molecular complexity index is 1110. The molecule has 0 aliphatic carbocycles. The summed E-state index contributed by atoms with van der Waals surface area (Å²) in [6.07, 6.45) is 2.48. The SMILES string of the molecule is Cc1ccc(N=c2scc(-c3ccc(F)cc3)n2CCCN2CCCC2=O)c(C)c1. The van der Waals surface area contributed by atoms with Crippen molar-refractivity contribution in [2.45, 2.75) is 39.7 Å². The van der Waals surface area contributed by atoms with Crippen molar-refractivity contribution < 1.29 is 9.18 Å². The molecule has 1 aromatic heterocycles. The molecule has 1 amide bonds. The third-order valence-corrected chi connectivity index (χ3v) is 6.35. The van der Waals surface area contributed by atoms with Crippen LogP contribution in [0.1, 0.15) is 30.4 Å². The second-order valence-corrected chi connectivity index (χ2v) is 8.64. The van der Waals surface area contributed by atoms with E-state index >= 15 is 0 Å². The molecule has 3 aromatic rings. The number of halogens is 1. The van der Waals surface area contributed by atoms with Gasteiger partial charge in [0.1, 0.15) is 5.82 Å². The van der Waals surface area contributed by atoms with Crippen molar-refractivity contribution in [2.24, 2.45) is 4.99 Å². The van der Waals surface area contributed by atoms with E-state index in [9.17, 15) is 9.18 Å². The molecule has 4 rings (SSSR count). The minimum Gasteiger partial charge on any atom is -0.343 e. The summed E-state index contributed by atoms with van der Waals surface area (Å²) in [4.78, 5) is 19.7. The first-order chi connectivity index (χ1) is 14.5. The van der Waals surface area contributed by atoms with Crippen LogP contribution in [-0.2, 0) is 11.3 Å². The van der Waals surface area contributed by atoms with Gasteiger partial charge in [0, 0.05) is 31.4 Å². The number of carbonyl (C=O) groups is 1. The van der Waals surface area contributed by atoms with E-state index in [4.69, 9.17) is 4.99 Å². The number of nitrogens with zero attached hydrogens (tertiary/aromatic N) is 3. The number of hydrogen-bond acceptors (Lipinski definition) is 3. The van der Waals surface area contributed by atoms with E-state index in [0.717, 1.165) is 59.8 Å². The number of hydrogen-bond donors (Lipinski definition) is 0. The summed E-state index contributed by atoms with van der Waals surface area (Å²) in [7, 11) is 0. The van der Waals surface area contributed by atoms with E-state index in [2.05, 4.69) is 42.0 Å². The van der Waals surface area contributed by atoms with Crippen LogP contribution in [0, 0.1) is 19.7 Å². The van der Waals surface area contributed by atoms with Crippen molar-refractivity contribution in [2.75, 3.05) is 13.1 Å². The largest absolute Gasteiger partial charge is 0.343 e. The predicted molar refractivity (Wildman–Crippen MR) is 119 cm³/mol. The fraction of sp³-hybridized carbons (Fsp3) is 0.333. The lowest BCUT2D eigenvalue weighted by atomic mass is 10.1. The smallest absolute Gasteiger partial charge is 0.222 e.